The number of morpholine rings is 1. The van der Waals surface area contributed by atoms with Crippen molar-refractivity contribution in [1.82, 2.24) is 9.80 Å². The number of hydrogen-bond donors (Lipinski definition) is 1. The molecule has 148 valence electrons. The number of amides is 1. The Labute approximate surface area is 166 Å². The van der Waals surface area contributed by atoms with Gasteiger partial charge in [-0.3, -0.25) is 9.69 Å². The molecule has 5 nitrogen and oxygen atoms in total. The fraction of sp³-hybridized carbons (Fsp3) is 0.435. The first-order valence-electron chi connectivity index (χ1n) is 10.1. The van der Waals surface area contributed by atoms with Gasteiger partial charge in [-0.2, -0.15) is 0 Å². The predicted octanol–water partition coefficient (Wildman–Crippen LogP) is 2.37. The molecule has 2 aromatic rings. The van der Waals surface area contributed by atoms with Gasteiger partial charge in [0.05, 0.1) is 13.2 Å². The summed E-state index contributed by atoms with van der Waals surface area (Å²) in [5, 5.41) is 9.89. The molecule has 0 radical (unpaired) electrons. The monoisotopic (exact) mass is 380 g/mol. The minimum absolute atomic E-state index is 0.0578. The first-order valence-corrected chi connectivity index (χ1v) is 10.1. The minimum atomic E-state index is 0.0578. The molecular formula is C23H28N2O3. The summed E-state index contributed by atoms with van der Waals surface area (Å²) in [5.74, 6) is 0.494. The zero-order valence-electron chi connectivity index (χ0n) is 16.2. The molecule has 28 heavy (non-hydrogen) atoms. The summed E-state index contributed by atoms with van der Waals surface area (Å²) >= 11 is 0. The molecule has 1 amide bonds. The Hall–Kier alpha value is -2.21. The highest BCUT2D eigenvalue weighted by atomic mass is 16.5. The Bertz CT molecular complexity index is 789. The van der Waals surface area contributed by atoms with E-state index in [2.05, 4.69) is 4.90 Å². The van der Waals surface area contributed by atoms with Gasteiger partial charge in [0.25, 0.3) is 5.91 Å². The van der Waals surface area contributed by atoms with Crippen molar-refractivity contribution in [2.75, 3.05) is 52.5 Å². The largest absolute Gasteiger partial charge is 0.396 e. The molecular weight excluding hydrogens is 352 g/mol. The van der Waals surface area contributed by atoms with Crippen molar-refractivity contribution in [3.8, 4) is 11.1 Å². The van der Waals surface area contributed by atoms with Crippen molar-refractivity contribution < 1.29 is 14.6 Å². The highest BCUT2D eigenvalue weighted by Crippen LogP contribution is 2.29. The number of benzene rings is 2. The normalized spacial score (nSPS) is 23.1. The average molecular weight is 380 g/mol. The Morgan fingerprint density at radius 3 is 2.39 bits per heavy atom. The molecule has 5 heteroatoms. The molecule has 2 atom stereocenters. The van der Waals surface area contributed by atoms with Crippen LogP contribution in [0.4, 0.5) is 0 Å². The molecule has 0 bridgehead atoms. The lowest BCUT2D eigenvalue weighted by Crippen LogP contribution is -2.41. The fourth-order valence-electron chi connectivity index (χ4n) is 4.34. The topological polar surface area (TPSA) is 53.0 Å². The van der Waals surface area contributed by atoms with Gasteiger partial charge in [0.1, 0.15) is 0 Å². The molecule has 0 unspecified atom stereocenters. The first kappa shape index (κ1) is 19.1. The molecule has 2 aliphatic rings. The fourth-order valence-corrected chi connectivity index (χ4v) is 4.34. The quantitative estimate of drug-likeness (QED) is 0.865. The Morgan fingerprint density at radius 1 is 0.964 bits per heavy atom. The number of ether oxygens (including phenoxy) is 1. The van der Waals surface area contributed by atoms with Crippen LogP contribution in [0.25, 0.3) is 11.1 Å². The van der Waals surface area contributed by atoms with Crippen molar-refractivity contribution in [3.05, 3.63) is 60.2 Å². The van der Waals surface area contributed by atoms with Crippen LogP contribution in [0.1, 0.15) is 10.4 Å². The number of aliphatic hydroxyl groups excluding tert-OH is 1. The van der Waals surface area contributed by atoms with E-state index in [0.717, 1.165) is 49.5 Å². The number of likely N-dealkylation sites (tertiary alicyclic amines) is 1. The van der Waals surface area contributed by atoms with Gasteiger partial charge in [-0.25, -0.2) is 0 Å². The van der Waals surface area contributed by atoms with Gasteiger partial charge < -0.3 is 14.7 Å². The van der Waals surface area contributed by atoms with Crippen molar-refractivity contribution in [2.24, 2.45) is 11.8 Å². The van der Waals surface area contributed by atoms with Crippen molar-refractivity contribution in [3.63, 3.8) is 0 Å². The van der Waals surface area contributed by atoms with Gasteiger partial charge in [-0.15, -0.1) is 0 Å². The molecule has 2 heterocycles. The van der Waals surface area contributed by atoms with E-state index >= 15 is 0 Å². The molecule has 0 saturated carbocycles. The Kier molecular flexibility index (Phi) is 6.05. The number of carbonyl (C=O) groups is 1. The smallest absolute Gasteiger partial charge is 0.254 e. The van der Waals surface area contributed by atoms with Crippen LogP contribution in [0.5, 0.6) is 0 Å². The zero-order valence-corrected chi connectivity index (χ0v) is 16.2. The summed E-state index contributed by atoms with van der Waals surface area (Å²) in [6, 6.07) is 17.9. The van der Waals surface area contributed by atoms with Crippen molar-refractivity contribution in [2.45, 2.75) is 0 Å². The van der Waals surface area contributed by atoms with Gasteiger partial charge in [0, 0.05) is 50.8 Å². The second-order valence-corrected chi connectivity index (χ2v) is 7.74. The Morgan fingerprint density at radius 2 is 1.64 bits per heavy atom. The number of carbonyl (C=O) groups excluding carboxylic acids is 1. The van der Waals surface area contributed by atoms with Gasteiger partial charge >= 0.3 is 0 Å². The van der Waals surface area contributed by atoms with Gasteiger partial charge in [0.15, 0.2) is 0 Å². The van der Waals surface area contributed by atoms with E-state index in [-0.39, 0.29) is 18.4 Å². The van der Waals surface area contributed by atoms with Crippen LogP contribution in [-0.2, 0) is 4.74 Å². The number of rotatable bonds is 5. The highest BCUT2D eigenvalue weighted by molar-refractivity contribution is 6.01. The zero-order chi connectivity index (χ0) is 19.3. The SMILES string of the molecule is O=C(c1ccccc1-c1ccccc1)N1C[C@@H](CN2CCOCC2)[C@@H](CO)C1. The van der Waals surface area contributed by atoms with Crippen molar-refractivity contribution >= 4 is 5.91 Å². The van der Waals surface area contributed by atoms with Crippen LogP contribution >= 0.6 is 0 Å². The summed E-state index contributed by atoms with van der Waals surface area (Å²) in [6.07, 6.45) is 0. The first-order chi connectivity index (χ1) is 13.8. The second-order valence-electron chi connectivity index (χ2n) is 7.74. The third-order valence-electron chi connectivity index (χ3n) is 5.94. The van der Waals surface area contributed by atoms with E-state index in [1.54, 1.807) is 0 Å². The van der Waals surface area contributed by atoms with E-state index in [9.17, 15) is 9.90 Å². The number of nitrogens with zero attached hydrogens (tertiary/aromatic N) is 2. The number of hydrogen-bond acceptors (Lipinski definition) is 4. The van der Waals surface area contributed by atoms with Crippen LogP contribution in [0.3, 0.4) is 0 Å². The van der Waals surface area contributed by atoms with E-state index in [4.69, 9.17) is 4.74 Å². The standard InChI is InChI=1S/C23H28N2O3/c26-17-20-16-25(15-19(20)14-24-10-12-28-13-11-24)23(27)22-9-5-4-8-21(22)18-6-2-1-3-7-18/h1-9,19-20,26H,10-17H2/t19-,20-/m1/s1. The molecule has 2 aromatic carbocycles. The van der Waals surface area contributed by atoms with Crippen LogP contribution < -0.4 is 0 Å². The summed E-state index contributed by atoms with van der Waals surface area (Å²) < 4.78 is 5.43. The maximum Gasteiger partial charge on any atom is 0.254 e. The van der Waals surface area contributed by atoms with E-state index in [0.29, 0.717) is 19.0 Å². The summed E-state index contributed by atoms with van der Waals surface area (Å²) in [5.41, 5.74) is 2.75. The maximum absolute atomic E-state index is 13.4. The Balaban J connectivity index is 1.51. The third-order valence-corrected chi connectivity index (χ3v) is 5.94. The second kappa shape index (κ2) is 8.86. The van der Waals surface area contributed by atoms with Crippen molar-refractivity contribution in [1.29, 1.82) is 0 Å². The molecule has 2 saturated heterocycles. The lowest BCUT2D eigenvalue weighted by Gasteiger charge is -2.30. The summed E-state index contributed by atoms with van der Waals surface area (Å²) in [6.45, 7) is 5.75. The summed E-state index contributed by atoms with van der Waals surface area (Å²) in [4.78, 5) is 17.7. The highest BCUT2D eigenvalue weighted by Gasteiger charge is 2.36. The van der Waals surface area contributed by atoms with E-state index < -0.39 is 0 Å². The van der Waals surface area contributed by atoms with Crippen LogP contribution in [-0.4, -0.2) is 73.4 Å². The number of aliphatic hydroxyl groups is 1. The maximum atomic E-state index is 13.4. The molecule has 1 N–H and O–H groups in total. The third kappa shape index (κ3) is 4.12. The minimum Gasteiger partial charge on any atom is -0.396 e. The predicted molar refractivity (Wildman–Crippen MR) is 109 cm³/mol. The van der Waals surface area contributed by atoms with Gasteiger partial charge in [0.2, 0.25) is 0 Å². The summed E-state index contributed by atoms with van der Waals surface area (Å²) in [7, 11) is 0. The van der Waals surface area contributed by atoms with Gasteiger partial charge in [-0.05, 0) is 23.1 Å². The molecule has 4 rings (SSSR count). The van der Waals surface area contributed by atoms with Crippen LogP contribution in [0.2, 0.25) is 0 Å². The van der Waals surface area contributed by atoms with E-state index in [1.807, 2.05) is 59.5 Å². The van der Waals surface area contributed by atoms with Crippen LogP contribution in [0, 0.1) is 11.8 Å². The molecule has 0 aliphatic carbocycles. The lowest BCUT2D eigenvalue weighted by atomic mass is 9.96. The van der Waals surface area contributed by atoms with Crippen LogP contribution in [0.15, 0.2) is 54.6 Å². The van der Waals surface area contributed by atoms with E-state index in [1.165, 1.54) is 0 Å². The van der Waals surface area contributed by atoms with Gasteiger partial charge in [-0.1, -0.05) is 48.5 Å². The molecule has 2 aliphatic heterocycles. The lowest BCUT2D eigenvalue weighted by molar-refractivity contribution is 0.0264. The average Bonchev–Trinajstić information content (AvgIpc) is 3.17. The molecule has 0 aromatic heterocycles. The molecule has 2 fully saturated rings. The molecule has 0 spiro atoms.